The van der Waals surface area contributed by atoms with Gasteiger partial charge in [0.2, 0.25) is 5.95 Å². The van der Waals surface area contributed by atoms with Crippen molar-refractivity contribution in [2.24, 2.45) is 0 Å². The van der Waals surface area contributed by atoms with E-state index in [1.807, 2.05) is 14.1 Å². The van der Waals surface area contributed by atoms with Crippen LogP contribution in [0.5, 0.6) is 0 Å². The van der Waals surface area contributed by atoms with Crippen LogP contribution in [0.15, 0.2) is 18.5 Å². The van der Waals surface area contributed by atoms with E-state index in [-0.39, 0.29) is 0 Å². The molecule has 0 aliphatic heterocycles. The summed E-state index contributed by atoms with van der Waals surface area (Å²) in [5, 5.41) is 3.07. The van der Waals surface area contributed by atoms with Gasteiger partial charge in [-0.3, -0.25) is 0 Å². The second-order valence-electron chi connectivity index (χ2n) is 3.41. The number of aromatic nitrogens is 2. The maximum atomic E-state index is 5.41. The number of ether oxygens (including phenoxy) is 1. The first-order valence-electron chi connectivity index (χ1n) is 5.02. The predicted molar refractivity (Wildman–Crippen MR) is 59.9 cm³/mol. The lowest BCUT2D eigenvalue weighted by Crippen LogP contribution is -2.20. The Labute approximate surface area is 90.5 Å². The highest BCUT2D eigenvalue weighted by Gasteiger charge is 1.93. The molecule has 0 aliphatic carbocycles. The average molecular weight is 210 g/mol. The van der Waals surface area contributed by atoms with Crippen molar-refractivity contribution in [3.63, 3.8) is 0 Å². The van der Waals surface area contributed by atoms with Gasteiger partial charge in [-0.25, -0.2) is 9.97 Å². The van der Waals surface area contributed by atoms with Crippen molar-refractivity contribution in [2.75, 3.05) is 45.7 Å². The first-order chi connectivity index (χ1) is 7.29. The molecule has 0 saturated heterocycles. The molecule has 0 unspecified atom stereocenters. The van der Waals surface area contributed by atoms with Crippen LogP contribution in [0, 0.1) is 0 Å². The summed E-state index contributed by atoms with van der Waals surface area (Å²) in [6.45, 7) is 3.11. The lowest BCUT2D eigenvalue weighted by molar-refractivity contribution is 0.126. The van der Waals surface area contributed by atoms with Crippen molar-refractivity contribution in [2.45, 2.75) is 0 Å². The van der Waals surface area contributed by atoms with Gasteiger partial charge in [-0.15, -0.1) is 0 Å². The number of rotatable bonds is 7. The Morgan fingerprint density at radius 1 is 1.27 bits per heavy atom. The van der Waals surface area contributed by atoms with Crippen LogP contribution < -0.4 is 5.32 Å². The number of likely N-dealkylation sites (N-methyl/N-ethyl adjacent to an activating group) is 1. The van der Waals surface area contributed by atoms with E-state index >= 15 is 0 Å². The highest BCUT2D eigenvalue weighted by Crippen LogP contribution is 1.92. The van der Waals surface area contributed by atoms with E-state index in [9.17, 15) is 0 Å². The van der Waals surface area contributed by atoms with E-state index in [4.69, 9.17) is 4.74 Å². The molecule has 0 radical (unpaired) electrons. The van der Waals surface area contributed by atoms with Crippen molar-refractivity contribution >= 4 is 5.95 Å². The van der Waals surface area contributed by atoms with Gasteiger partial charge < -0.3 is 15.0 Å². The summed E-state index contributed by atoms with van der Waals surface area (Å²) in [6.07, 6.45) is 3.42. The number of hydrogen-bond donors (Lipinski definition) is 1. The predicted octanol–water partition coefficient (Wildman–Crippen LogP) is 0.467. The third-order valence-electron chi connectivity index (χ3n) is 1.78. The van der Waals surface area contributed by atoms with Gasteiger partial charge in [-0.2, -0.15) is 0 Å². The van der Waals surface area contributed by atoms with Gasteiger partial charge in [0.1, 0.15) is 0 Å². The molecule has 1 aromatic rings. The van der Waals surface area contributed by atoms with E-state index in [0.29, 0.717) is 12.6 Å². The Morgan fingerprint density at radius 2 is 2.00 bits per heavy atom. The minimum Gasteiger partial charge on any atom is -0.378 e. The van der Waals surface area contributed by atoms with E-state index in [0.717, 1.165) is 19.7 Å². The molecule has 0 aromatic carbocycles. The van der Waals surface area contributed by atoms with Gasteiger partial charge in [0.05, 0.1) is 13.2 Å². The maximum absolute atomic E-state index is 5.41. The fraction of sp³-hybridized carbons (Fsp3) is 0.600. The SMILES string of the molecule is CN(C)CCOCCNc1ncccn1. The van der Waals surface area contributed by atoms with Gasteiger partial charge >= 0.3 is 0 Å². The molecule has 0 saturated carbocycles. The average Bonchev–Trinajstić information content (AvgIpc) is 2.24. The van der Waals surface area contributed by atoms with Crippen LogP contribution in [0.2, 0.25) is 0 Å². The highest BCUT2D eigenvalue weighted by molar-refractivity contribution is 5.21. The zero-order chi connectivity index (χ0) is 10.9. The normalized spacial score (nSPS) is 10.6. The van der Waals surface area contributed by atoms with Crippen LogP contribution in [-0.2, 0) is 4.74 Å². The van der Waals surface area contributed by atoms with Gasteiger partial charge in [-0.1, -0.05) is 0 Å². The summed E-state index contributed by atoms with van der Waals surface area (Å²) in [5.74, 6) is 0.647. The Morgan fingerprint density at radius 3 is 2.67 bits per heavy atom. The van der Waals surface area contributed by atoms with E-state index in [1.54, 1.807) is 18.5 Å². The fourth-order valence-electron chi connectivity index (χ4n) is 0.975. The molecule has 0 amide bonds. The van der Waals surface area contributed by atoms with Crippen LogP contribution in [0.4, 0.5) is 5.95 Å². The molecule has 15 heavy (non-hydrogen) atoms. The summed E-state index contributed by atoms with van der Waals surface area (Å²) in [5.41, 5.74) is 0. The van der Waals surface area contributed by atoms with Crippen LogP contribution in [0.3, 0.4) is 0 Å². The standard InChI is InChI=1S/C10H18N4O/c1-14(2)7-9-15-8-6-13-10-11-4-3-5-12-10/h3-5H,6-9H2,1-2H3,(H,11,12,13). The summed E-state index contributed by atoms with van der Waals surface area (Å²) in [4.78, 5) is 10.2. The summed E-state index contributed by atoms with van der Waals surface area (Å²) >= 11 is 0. The molecular formula is C10H18N4O. The molecular weight excluding hydrogens is 192 g/mol. The van der Waals surface area contributed by atoms with Crippen molar-refractivity contribution in [1.29, 1.82) is 0 Å². The monoisotopic (exact) mass is 210 g/mol. The molecule has 1 N–H and O–H groups in total. The van der Waals surface area contributed by atoms with Crippen LogP contribution in [-0.4, -0.2) is 55.3 Å². The molecule has 0 fully saturated rings. The summed E-state index contributed by atoms with van der Waals surface area (Å²) in [7, 11) is 4.05. The van der Waals surface area contributed by atoms with E-state index < -0.39 is 0 Å². The first kappa shape index (κ1) is 11.9. The topological polar surface area (TPSA) is 50.3 Å². The molecule has 1 heterocycles. The largest absolute Gasteiger partial charge is 0.378 e. The highest BCUT2D eigenvalue weighted by atomic mass is 16.5. The van der Waals surface area contributed by atoms with Crippen molar-refractivity contribution in [3.8, 4) is 0 Å². The molecule has 0 atom stereocenters. The molecule has 84 valence electrons. The smallest absolute Gasteiger partial charge is 0.222 e. The Balaban J connectivity index is 1.98. The van der Waals surface area contributed by atoms with E-state index in [1.165, 1.54) is 0 Å². The van der Waals surface area contributed by atoms with Crippen molar-refractivity contribution in [3.05, 3.63) is 18.5 Å². The van der Waals surface area contributed by atoms with Gasteiger partial charge in [0, 0.05) is 25.5 Å². The number of nitrogens with zero attached hydrogens (tertiary/aromatic N) is 3. The lowest BCUT2D eigenvalue weighted by atomic mass is 10.6. The number of hydrogen-bond acceptors (Lipinski definition) is 5. The zero-order valence-electron chi connectivity index (χ0n) is 9.31. The molecule has 0 aliphatic rings. The number of nitrogens with one attached hydrogen (secondary N) is 1. The summed E-state index contributed by atoms with van der Waals surface area (Å²) in [6, 6.07) is 1.79. The minimum atomic E-state index is 0.647. The van der Waals surface area contributed by atoms with Crippen LogP contribution in [0.1, 0.15) is 0 Å². The maximum Gasteiger partial charge on any atom is 0.222 e. The Bertz CT molecular complexity index is 253. The summed E-state index contributed by atoms with van der Waals surface area (Å²) < 4.78 is 5.41. The van der Waals surface area contributed by atoms with Gasteiger partial charge in [-0.05, 0) is 20.2 Å². The van der Waals surface area contributed by atoms with Crippen LogP contribution >= 0.6 is 0 Å². The fourth-order valence-corrected chi connectivity index (χ4v) is 0.975. The van der Waals surface area contributed by atoms with Crippen molar-refractivity contribution < 1.29 is 4.74 Å². The molecule has 1 aromatic heterocycles. The molecule has 1 rings (SSSR count). The quantitative estimate of drug-likeness (QED) is 0.663. The zero-order valence-corrected chi connectivity index (χ0v) is 9.31. The second kappa shape index (κ2) is 7.14. The van der Waals surface area contributed by atoms with Crippen molar-refractivity contribution in [1.82, 2.24) is 14.9 Å². The molecule has 0 spiro atoms. The third-order valence-corrected chi connectivity index (χ3v) is 1.78. The molecule has 5 nitrogen and oxygen atoms in total. The number of anilines is 1. The Hall–Kier alpha value is -1.20. The Kier molecular flexibility index (Phi) is 5.65. The molecule has 0 bridgehead atoms. The lowest BCUT2D eigenvalue weighted by Gasteiger charge is -2.10. The van der Waals surface area contributed by atoms with Gasteiger partial charge in [0.15, 0.2) is 0 Å². The first-order valence-corrected chi connectivity index (χ1v) is 5.02. The second-order valence-corrected chi connectivity index (χ2v) is 3.41. The minimum absolute atomic E-state index is 0.647. The van der Waals surface area contributed by atoms with Crippen LogP contribution in [0.25, 0.3) is 0 Å². The molecule has 5 heteroatoms. The van der Waals surface area contributed by atoms with E-state index in [2.05, 4.69) is 20.2 Å². The third kappa shape index (κ3) is 5.98. The van der Waals surface area contributed by atoms with Gasteiger partial charge in [0.25, 0.3) is 0 Å².